The summed E-state index contributed by atoms with van der Waals surface area (Å²) >= 11 is 6.28. The van der Waals surface area contributed by atoms with Crippen LogP contribution in [0.25, 0.3) is 10.9 Å². The zero-order valence-electron chi connectivity index (χ0n) is 11.3. The summed E-state index contributed by atoms with van der Waals surface area (Å²) in [6.45, 7) is 0. The normalized spacial score (nSPS) is 12.8. The van der Waals surface area contributed by atoms with E-state index in [0.717, 1.165) is 22.2 Å². The number of rotatable bonds is 3. The Labute approximate surface area is 122 Å². The van der Waals surface area contributed by atoms with Gasteiger partial charge in [0.2, 0.25) is 0 Å². The molecule has 1 N–H and O–H groups in total. The van der Waals surface area contributed by atoms with E-state index in [0.29, 0.717) is 5.02 Å². The number of hydrogen-bond acceptors (Lipinski definition) is 3. The van der Waals surface area contributed by atoms with Crippen molar-refractivity contribution in [3.05, 3.63) is 59.0 Å². The van der Waals surface area contributed by atoms with E-state index in [2.05, 4.69) is 21.5 Å². The van der Waals surface area contributed by atoms with Crippen LogP contribution in [-0.4, -0.2) is 21.8 Å². The molecule has 0 radical (unpaired) electrons. The van der Waals surface area contributed by atoms with Crippen LogP contribution in [-0.2, 0) is 7.05 Å². The Balaban J connectivity index is 2.22. The predicted molar refractivity (Wildman–Crippen MR) is 80.9 cm³/mol. The summed E-state index contributed by atoms with van der Waals surface area (Å²) in [5, 5.41) is 9.32. The van der Waals surface area contributed by atoms with Crippen molar-refractivity contribution >= 4 is 22.5 Å². The molecule has 0 aliphatic rings. The van der Waals surface area contributed by atoms with E-state index in [4.69, 9.17) is 11.6 Å². The first-order valence-electron chi connectivity index (χ1n) is 6.40. The molecule has 0 fully saturated rings. The second-order valence-corrected chi connectivity index (χ2v) is 5.05. The number of nitrogens with one attached hydrogen (secondary N) is 1. The van der Waals surface area contributed by atoms with Crippen molar-refractivity contribution in [1.82, 2.24) is 20.1 Å². The topological polar surface area (TPSA) is 42.7 Å². The summed E-state index contributed by atoms with van der Waals surface area (Å²) < 4.78 is 1.80. The minimum absolute atomic E-state index is 0.0251. The molecule has 0 amide bonds. The molecule has 3 rings (SSSR count). The smallest absolute Gasteiger partial charge is 0.0837 e. The number of nitrogens with zero attached hydrogens (tertiary/aromatic N) is 3. The molecule has 2 aromatic heterocycles. The molecule has 1 unspecified atom stereocenters. The molecule has 20 heavy (non-hydrogen) atoms. The SMILES string of the molecule is CNC(c1ccnc2ccccc12)c1c(Cl)cnn1C. The number of aromatic nitrogens is 3. The van der Waals surface area contributed by atoms with Crippen LogP contribution in [0.4, 0.5) is 0 Å². The minimum Gasteiger partial charge on any atom is -0.308 e. The summed E-state index contributed by atoms with van der Waals surface area (Å²) in [6.07, 6.45) is 3.50. The summed E-state index contributed by atoms with van der Waals surface area (Å²) in [5.41, 5.74) is 3.07. The first-order valence-corrected chi connectivity index (χ1v) is 6.78. The van der Waals surface area contributed by atoms with Crippen LogP contribution in [0.3, 0.4) is 0 Å². The second-order valence-electron chi connectivity index (χ2n) is 4.64. The maximum Gasteiger partial charge on any atom is 0.0837 e. The predicted octanol–water partition coefficient (Wildman–Crippen LogP) is 2.93. The lowest BCUT2D eigenvalue weighted by Crippen LogP contribution is -2.21. The number of pyridine rings is 1. The van der Waals surface area contributed by atoms with Crippen LogP contribution in [0.5, 0.6) is 0 Å². The van der Waals surface area contributed by atoms with Gasteiger partial charge in [0.25, 0.3) is 0 Å². The Morgan fingerprint density at radius 1 is 1.25 bits per heavy atom. The van der Waals surface area contributed by atoms with Crippen molar-refractivity contribution < 1.29 is 0 Å². The lowest BCUT2D eigenvalue weighted by molar-refractivity contribution is 0.609. The van der Waals surface area contributed by atoms with Gasteiger partial charge in [-0.05, 0) is 24.7 Å². The molecule has 102 valence electrons. The zero-order valence-corrected chi connectivity index (χ0v) is 12.1. The Hall–Kier alpha value is -1.91. The molecule has 0 bridgehead atoms. The summed E-state index contributed by atoms with van der Waals surface area (Å²) in [7, 11) is 3.82. The molecule has 0 saturated heterocycles. The van der Waals surface area contributed by atoms with Crippen LogP contribution in [0.15, 0.2) is 42.7 Å². The molecule has 1 atom stereocenters. The third kappa shape index (κ3) is 2.07. The van der Waals surface area contributed by atoms with Crippen molar-refractivity contribution in [2.24, 2.45) is 7.05 Å². The Morgan fingerprint density at radius 2 is 2.05 bits per heavy atom. The van der Waals surface area contributed by atoms with E-state index in [-0.39, 0.29) is 6.04 Å². The first-order chi connectivity index (χ1) is 9.72. The highest BCUT2D eigenvalue weighted by Gasteiger charge is 2.21. The first kappa shape index (κ1) is 13.1. The number of para-hydroxylation sites is 1. The monoisotopic (exact) mass is 286 g/mol. The molecule has 0 spiro atoms. The molecule has 2 heterocycles. The van der Waals surface area contributed by atoms with Gasteiger partial charge >= 0.3 is 0 Å². The molecular formula is C15H15ClN4. The molecule has 4 nitrogen and oxygen atoms in total. The molecule has 0 aliphatic heterocycles. The van der Waals surface area contributed by atoms with Crippen LogP contribution in [0, 0.1) is 0 Å². The number of aryl methyl sites for hydroxylation is 1. The maximum absolute atomic E-state index is 6.28. The van der Waals surface area contributed by atoms with E-state index in [9.17, 15) is 0 Å². The minimum atomic E-state index is -0.0251. The fourth-order valence-electron chi connectivity index (χ4n) is 2.55. The van der Waals surface area contributed by atoms with Gasteiger partial charge in [0, 0.05) is 18.6 Å². The molecule has 5 heteroatoms. The van der Waals surface area contributed by atoms with Gasteiger partial charge in [-0.15, -0.1) is 0 Å². The molecule has 1 aromatic carbocycles. The highest BCUT2D eigenvalue weighted by molar-refractivity contribution is 6.31. The molecule has 0 saturated carbocycles. The van der Waals surface area contributed by atoms with E-state index in [1.165, 1.54) is 0 Å². The van der Waals surface area contributed by atoms with Crippen molar-refractivity contribution in [2.45, 2.75) is 6.04 Å². The lowest BCUT2D eigenvalue weighted by Gasteiger charge is -2.19. The van der Waals surface area contributed by atoms with E-state index in [1.54, 1.807) is 10.9 Å². The second kappa shape index (κ2) is 5.23. The average Bonchev–Trinajstić information content (AvgIpc) is 2.81. The molecule has 3 aromatic rings. The Kier molecular flexibility index (Phi) is 3.42. The van der Waals surface area contributed by atoms with Crippen molar-refractivity contribution in [1.29, 1.82) is 0 Å². The van der Waals surface area contributed by atoms with E-state index in [1.807, 2.05) is 44.6 Å². The Morgan fingerprint density at radius 3 is 2.75 bits per heavy atom. The summed E-state index contributed by atoms with van der Waals surface area (Å²) in [6, 6.07) is 10.1. The van der Waals surface area contributed by atoms with E-state index < -0.39 is 0 Å². The summed E-state index contributed by atoms with van der Waals surface area (Å²) in [5.74, 6) is 0. The van der Waals surface area contributed by atoms with Gasteiger partial charge in [-0.2, -0.15) is 5.10 Å². The largest absolute Gasteiger partial charge is 0.308 e. The maximum atomic E-state index is 6.28. The Bertz CT molecular complexity index is 726. The fraction of sp³-hybridized carbons (Fsp3) is 0.200. The highest BCUT2D eigenvalue weighted by Crippen LogP contribution is 2.31. The fourth-order valence-corrected chi connectivity index (χ4v) is 2.83. The van der Waals surface area contributed by atoms with Gasteiger partial charge in [0.15, 0.2) is 0 Å². The van der Waals surface area contributed by atoms with Gasteiger partial charge in [-0.25, -0.2) is 0 Å². The van der Waals surface area contributed by atoms with Crippen LogP contribution in [0.1, 0.15) is 17.3 Å². The van der Waals surface area contributed by atoms with Crippen molar-refractivity contribution in [3.63, 3.8) is 0 Å². The average molecular weight is 287 g/mol. The van der Waals surface area contributed by atoms with Gasteiger partial charge in [-0.3, -0.25) is 9.67 Å². The number of benzene rings is 1. The lowest BCUT2D eigenvalue weighted by atomic mass is 9.99. The van der Waals surface area contributed by atoms with Gasteiger partial charge in [0.1, 0.15) is 0 Å². The van der Waals surface area contributed by atoms with E-state index >= 15 is 0 Å². The van der Waals surface area contributed by atoms with Gasteiger partial charge in [0.05, 0.1) is 28.5 Å². The van der Waals surface area contributed by atoms with Crippen LogP contribution < -0.4 is 5.32 Å². The quantitative estimate of drug-likeness (QED) is 0.805. The third-order valence-electron chi connectivity index (χ3n) is 3.49. The molecular weight excluding hydrogens is 272 g/mol. The zero-order chi connectivity index (χ0) is 14.1. The van der Waals surface area contributed by atoms with Crippen LogP contribution >= 0.6 is 11.6 Å². The standard InChI is InChI=1S/C15H15ClN4/c1-17-14(15-12(16)9-19-20(15)2)11-7-8-18-13-6-4-3-5-10(11)13/h3-9,14,17H,1-2H3. The third-order valence-corrected chi connectivity index (χ3v) is 3.78. The number of fused-ring (bicyclic) bond motifs is 1. The number of halogens is 1. The number of hydrogen-bond donors (Lipinski definition) is 1. The van der Waals surface area contributed by atoms with Gasteiger partial charge in [-0.1, -0.05) is 29.8 Å². The van der Waals surface area contributed by atoms with Gasteiger partial charge < -0.3 is 5.32 Å². The van der Waals surface area contributed by atoms with Crippen molar-refractivity contribution in [3.8, 4) is 0 Å². The molecule has 0 aliphatic carbocycles. The van der Waals surface area contributed by atoms with Crippen LogP contribution in [0.2, 0.25) is 5.02 Å². The highest BCUT2D eigenvalue weighted by atomic mass is 35.5. The van der Waals surface area contributed by atoms with Crippen molar-refractivity contribution in [2.75, 3.05) is 7.05 Å². The summed E-state index contributed by atoms with van der Waals surface area (Å²) in [4.78, 5) is 4.40.